The molecule has 1 amide bonds. The minimum Gasteiger partial charge on any atom is -0.497 e. The van der Waals surface area contributed by atoms with Gasteiger partial charge in [-0.3, -0.25) is 9.59 Å². The van der Waals surface area contributed by atoms with Gasteiger partial charge in [0, 0.05) is 35.7 Å². The molecule has 1 aromatic heterocycles. The van der Waals surface area contributed by atoms with Crippen LogP contribution in [-0.4, -0.2) is 50.1 Å². The molecule has 9 heteroatoms. The molecule has 3 unspecified atom stereocenters. The maximum absolute atomic E-state index is 12.4. The number of nitrogens with zero attached hydrogens (tertiary/aromatic N) is 2. The highest BCUT2D eigenvalue weighted by Gasteiger charge is 2.37. The lowest BCUT2D eigenvalue weighted by Crippen LogP contribution is -3.13. The number of hydrogen-bond acceptors (Lipinski definition) is 6. The van der Waals surface area contributed by atoms with E-state index in [0.29, 0.717) is 24.2 Å². The van der Waals surface area contributed by atoms with Gasteiger partial charge in [-0.1, -0.05) is 6.07 Å². The number of piperidine rings is 1. The van der Waals surface area contributed by atoms with Crippen molar-refractivity contribution in [1.29, 1.82) is 0 Å². The fourth-order valence-electron chi connectivity index (χ4n) is 5.68. The molecule has 3 heterocycles. The number of pyridine rings is 1. The maximum atomic E-state index is 12.4. The summed E-state index contributed by atoms with van der Waals surface area (Å²) in [6.45, 7) is 6.04. The molecule has 1 fully saturated rings. The van der Waals surface area contributed by atoms with Crippen LogP contribution in [0.2, 0.25) is 0 Å². The van der Waals surface area contributed by atoms with E-state index in [-0.39, 0.29) is 18.1 Å². The summed E-state index contributed by atoms with van der Waals surface area (Å²) in [5, 5.41) is 4.12. The minimum atomic E-state index is -0.350. The number of methoxy groups -OCH3 is 1. The van der Waals surface area contributed by atoms with Gasteiger partial charge in [-0.2, -0.15) is 5.10 Å². The van der Waals surface area contributed by atoms with Crippen molar-refractivity contribution < 1.29 is 23.9 Å². The monoisotopic (exact) mass is 531 g/mol. The number of carbonyl (C=O) groups is 1. The number of hydrogen-bond donors (Lipinski definition) is 2. The van der Waals surface area contributed by atoms with Gasteiger partial charge < -0.3 is 23.7 Å². The van der Waals surface area contributed by atoms with Gasteiger partial charge in [0.25, 0.3) is 11.5 Å². The standard InChI is InChI=1S/C30H34N4O5/c1-3-38-28-12-7-21(15-31-32-29(35)20-39-26-10-8-25(37-2)9-11-26)13-24(28)19-33-16-22-14-23(18-33)27-5-4-6-30(36)34(27)17-22/h4-13,15,22-23H,3,14,16-20H2,1-2H3,(H,32,35)/p+1. The first-order valence-electron chi connectivity index (χ1n) is 13.4. The van der Waals surface area contributed by atoms with E-state index < -0.39 is 0 Å². The van der Waals surface area contributed by atoms with Gasteiger partial charge >= 0.3 is 0 Å². The zero-order chi connectivity index (χ0) is 27.2. The van der Waals surface area contributed by atoms with Gasteiger partial charge in [-0.25, -0.2) is 5.43 Å². The summed E-state index contributed by atoms with van der Waals surface area (Å²) in [5.41, 5.74) is 5.77. The Morgan fingerprint density at radius 1 is 1.10 bits per heavy atom. The summed E-state index contributed by atoms with van der Waals surface area (Å²) < 4.78 is 18.5. The lowest BCUT2D eigenvalue weighted by molar-refractivity contribution is -0.924. The molecule has 9 nitrogen and oxygen atoms in total. The molecule has 0 saturated carbocycles. The number of hydrazone groups is 1. The van der Waals surface area contributed by atoms with E-state index >= 15 is 0 Å². The van der Waals surface area contributed by atoms with Gasteiger partial charge in [0.1, 0.15) is 23.8 Å². The fourth-order valence-corrected chi connectivity index (χ4v) is 5.68. The number of amides is 1. The first-order chi connectivity index (χ1) is 19.0. The molecule has 2 aliphatic rings. The van der Waals surface area contributed by atoms with Gasteiger partial charge in [-0.15, -0.1) is 0 Å². The highest BCUT2D eigenvalue weighted by atomic mass is 16.5. The number of rotatable bonds is 10. The molecule has 0 radical (unpaired) electrons. The first kappa shape index (κ1) is 26.5. The number of likely N-dealkylation sites (tertiary alicyclic amines) is 1. The van der Waals surface area contributed by atoms with E-state index in [1.165, 1.54) is 4.90 Å². The molecular formula is C30H35N4O5+. The zero-order valence-corrected chi connectivity index (χ0v) is 22.4. The molecule has 3 atom stereocenters. The van der Waals surface area contributed by atoms with Gasteiger partial charge in [0.15, 0.2) is 6.61 Å². The fraction of sp³-hybridized carbons (Fsp3) is 0.367. The molecule has 1 saturated heterocycles. The summed E-state index contributed by atoms with van der Waals surface area (Å²) in [7, 11) is 1.59. The number of aromatic nitrogens is 1. The van der Waals surface area contributed by atoms with Gasteiger partial charge in [0.2, 0.25) is 0 Å². The van der Waals surface area contributed by atoms with Crippen LogP contribution >= 0.6 is 0 Å². The molecule has 0 spiro atoms. The average Bonchev–Trinajstić information content (AvgIpc) is 2.94. The van der Waals surface area contributed by atoms with Crippen LogP contribution in [0.15, 0.2) is 70.6 Å². The van der Waals surface area contributed by atoms with Crippen molar-refractivity contribution in [2.24, 2.45) is 11.0 Å². The van der Waals surface area contributed by atoms with Crippen molar-refractivity contribution in [1.82, 2.24) is 9.99 Å². The Labute approximate surface area is 228 Å². The van der Waals surface area contributed by atoms with Gasteiger partial charge in [0.05, 0.1) is 33.0 Å². The van der Waals surface area contributed by atoms with Crippen molar-refractivity contribution in [3.63, 3.8) is 0 Å². The van der Waals surface area contributed by atoms with Crippen molar-refractivity contribution in [2.75, 3.05) is 33.4 Å². The van der Waals surface area contributed by atoms with Crippen molar-refractivity contribution in [3.8, 4) is 17.2 Å². The number of quaternary nitrogens is 1. The van der Waals surface area contributed by atoms with E-state index in [4.69, 9.17) is 14.2 Å². The minimum absolute atomic E-state index is 0.107. The zero-order valence-electron chi connectivity index (χ0n) is 22.4. The molecule has 3 aromatic rings. The summed E-state index contributed by atoms with van der Waals surface area (Å²) in [6.07, 6.45) is 2.77. The molecular weight excluding hydrogens is 496 g/mol. The predicted octanol–water partition coefficient (Wildman–Crippen LogP) is 1.99. The Bertz CT molecular complexity index is 1380. The molecule has 0 aliphatic carbocycles. The van der Waals surface area contributed by atoms with Crippen molar-refractivity contribution in [3.05, 3.63) is 87.8 Å². The number of ether oxygens (including phenoxy) is 3. The Morgan fingerprint density at radius 2 is 1.92 bits per heavy atom. The SMILES string of the molecule is CCOc1ccc(C=NNC(=O)COc2ccc(OC)cc2)cc1C[NH+]1CC2CC(C1)c1cccc(=O)n1C2. The molecule has 204 valence electrons. The van der Waals surface area contributed by atoms with E-state index in [2.05, 4.69) is 22.7 Å². The number of nitrogens with one attached hydrogen (secondary N) is 2. The van der Waals surface area contributed by atoms with Crippen LogP contribution in [-0.2, 0) is 17.9 Å². The van der Waals surface area contributed by atoms with Gasteiger partial charge in [-0.05, 0) is 67.4 Å². The number of fused-ring (bicyclic) bond motifs is 4. The third-order valence-electron chi connectivity index (χ3n) is 7.33. The van der Waals surface area contributed by atoms with E-state index in [0.717, 1.165) is 60.9 Å². The number of benzene rings is 2. The highest BCUT2D eigenvalue weighted by Crippen LogP contribution is 2.30. The summed E-state index contributed by atoms with van der Waals surface area (Å²) in [4.78, 5) is 26.0. The molecule has 5 rings (SSSR count). The lowest BCUT2D eigenvalue weighted by Gasteiger charge is -2.40. The molecule has 2 aliphatic heterocycles. The largest absolute Gasteiger partial charge is 0.497 e. The highest BCUT2D eigenvalue weighted by molar-refractivity contribution is 5.83. The Morgan fingerprint density at radius 3 is 2.72 bits per heavy atom. The quantitative estimate of drug-likeness (QED) is 0.308. The summed E-state index contributed by atoms with van der Waals surface area (Å²) in [6, 6.07) is 18.6. The first-order valence-corrected chi connectivity index (χ1v) is 13.4. The van der Waals surface area contributed by atoms with E-state index in [1.54, 1.807) is 43.7 Å². The van der Waals surface area contributed by atoms with E-state index in [1.807, 2.05) is 29.7 Å². The van der Waals surface area contributed by atoms with E-state index in [9.17, 15) is 9.59 Å². The Balaban J connectivity index is 1.21. The summed E-state index contributed by atoms with van der Waals surface area (Å²) >= 11 is 0. The van der Waals surface area contributed by atoms with Crippen LogP contribution in [0.5, 0.6) is 17.2 Å². The summed E-state index contributed by atoms with van der Waals surface area (Å²) in [5.74, 6) is 2.69. The number of carbonyl (C=O) groups excluding carboxylic acids is 1. The Kier molecular flexibility index (Phi) is 8.27. The second kappa shape index (κ2) is 12.2. The topological polar surface area (TPSA) is 95.6 Å². The molecule has 2 bridgehead atoms. The van der Waals surface area contributed by atoms with Crippen LogP contribution in [0, 0.1) is 5.92 Å². The second-order valence-corrected chi connectivity index (χ2v) is 10.1. The third-order valence-corrected chi connectivity index (χ3v) is 7.33. The van der Waals surface area contributed by atoms with Crippen LogP contribution < -0.4 is 30.1 Å². The van der Waals surface area contributed by atoms with Crippen LogP contribution in [0.1, 0.15) is 36.1 Å². The van der Waals surface area contributed by atoms with Crippen LogP contribution in [0.4, 0.5) is 0 Å². The van der Waals surface area contributed by atoms with Crippen molar-refractivity contribution >= 4 is 12.1 Å². The Hall–Kier alpha value is -4.11. The molecule has 39 heavy (non-hydrogen) atoms. The van der Waals surface area contributed by atoms with Crippen LogP contribution in [0.3, 0.4) is 0 Å². The second-order valence-electron chi connectivity index (χ2n) is 10.1. The smallest absolute Gasteiger partial charge is 0.277 e. The lowest BCUT2D eigenvalue weighted by atomic mass is 9.83. The maximum Gasteiger partial charge on any atom is 0.277 e. The molecule has 2 aromatic carbocycles. The predicted molar refractivity (Wildman–Crippen MR) is 148 cm³/mol. The van der Waals surface area contributed by atoms with Crippen LogP contribution in [0.25, 0.3) is 0 Å². The normalized spacial score (nSPS) is 19.8. The average molecular weight is 532 g/mol. The van der Waals surface area contributed by atoms with Crippen molar-refractivity contribution in [2.45, 2.75) is 32.4 Å². The molecule has 2 N–H and O–H groups in total. The third kappa shape index (κ3) is 6.49.